The van der Waals surface area contributed by atoms with Crippen molar-refractivity contribution in [1.29, 1.82) is 0 Å². The molecule has 0 amide bonds. The maximum atomic E-state index is 12.2. The van der Waals surface area contributed by atoms with Gasteiger partial charge in [0.2, 0.25) is 0 Å². The summed E-state index contributed by atoms with van der Waals surface area (Å²) >= 11 is 1.12. The fraction of sp³-hybridized carbons (Fsp3) is 0.500. The van der Waals surface area contributed by atoms with E-state index >= 15 is 0 Å². The lowest BCUT2D eigenvalue weighted by atomic mass is 10.2. The molecular formula is C14H22N2O3S2. The predicted molar refractivity (Wildman–Crippen MR) is 89.0 cm³/mol. The number of sulfone groups is 1. The van der Waals surface area contributed by atoms with Gasteiger partial charge in [-0.2, -0.15) is 0 Å². The fourth-order valence-electron chi connectivity index (χ4n) is 1.71. The Morgan fingerprint density at radius 3 is 2.43 bits per heavy atom. The van der Waals surface area contributed by atoms with Crippen LogP contribution in [0.2, 0.25) is 0 Å². The van der Waals surface area contributed by atoms with Gasteiger partial charge < -0.3 is 11.1 Å². The minimum Gasteiger partial charge on any atom is -0.396 e. The number of anilines is 2. The van der Waals surface area contributed by atoms with E-state index in [9.17, 15) is 13.2 Å². The molecule has 5 nitrogen and oxygen atoms in total. The van der Waals surface area contributed by atoms with Gasteiger partial charge in [-0.15, -0.1) is 11.3 Å². The van der Waals surface area contributed by atoms with Crippen molar-refractivity contribution in [2.75, 3.05) is 23.3 Å². The third kappa shape index (κ3) is 4.07. The normalized spacial score (nSPS) is 11.2. The van der Waals surface area contributed by atoms with E-state index in [0.717, 1.165) is 16.9 Å². The molecule has 0 fully saturated rings. The van der Waals surface area contributed by atoms with E-state index in [1.807, 2.05) is 19.9 Å². The first kappa shape index (κ1) is 17.7. The van der Waals surface area contributed by atoms with Gasteiger partial charge in [-0.1, -0.05) is 25.5 Å². The van der Waals surface area contributed by atoms with E-state index in [4.69, 9.17) is 5.73 Å². The summed E-state index contributed by atoms with van der Waals surface area (Å²) in [5.74, 6) is -0.189. The van der Waals surface area contributed by atoms with E-state index in [-0.39, 0.29) is 22.1 Å². The van der Waals surface area contributed by atoms with Gasteiger partial charge in [-0.05, 0) is 13.8 Å². The first-order valence-corrected chi connectivity index (χ1v) is 9.26. The molecule has 118 valence electrons. The van der Waals surface area contributed by atoms with Gasteiger partial charge in [-0.3, -0.25) is 4.79 Å². The number of nitrogens with one attached hydrogen (secondary N) is 1. The van der Waals surface area contributed by atoms with Crippen LogP contribution in [0.4, 0.5) is 10.7 Å². The van der Waals surface area contributed by atoms with Crippen LogP contribution in [0.5, 0.6) is 0 Å². The van der Waals surface area contributed by atoms with Gasteiger partial charge in [-0.25, -0.2) is 8.42 Å². The lowest BCUT2D eigenvalue weighted by Crippen LogP contribution is -2.10. The third-order valence-corrected chi connectivity index (χ3v) is 6.08. The molecule has 0 aliphatic rings. The van der Waals surface area contributed by atoms with Gasteiger partial charge in [0.1, 0.15) is 9.90 Å². The summed E-state index contributed by atoms with van der Waals surface area (Å²) in [6.45, 7) is 7.70. The average Bonchev–Trinajstić information content (AvgIpc) is 2.75. The Labute approximate surface area is 130 Å². The Balaban J connectivity index is 3.34. The Bertz CT molecular complexity index is 654. The summed E-state index contributed by atoms with van der Waals surface area (Å²) in [4.78, 5) is 12.3. The molecule has 0 aromatic carbocycles. The van der Waals surface area contributed by atoms with E-state index in [0.29, 0.717) is 22.8 Å². The van der Waals surface area contributed by atoms with Crippen molar-refractivity contribution in [1.82, 2.24) is 0 Å². The van der Waals surface area contributed by atoms with Crippen LogP contribution in [0.1, 0.15) is 43.8 Å². The van der Waals surface area contributed by atoms with Crippen LogP contribution < -0.4 is 11.1 Å². The molecule has 0 radical (unpaired) electrons. The van der Waals surface area contributed by atoms with Crippen LogP contribution in [0.25, 0.3) is 0 Å². The second kappa shape index (κ2) is 7.09. The average molecular weight is 330 g/mol. The topological polar surface area (TPSA) is 89.3 Å². The molecule has 0 saturated heterocycles. The van der Waals surface area contributed by atoms with E-state index in [2.05, 4.69) is 5.32 Å². The van der Waals surface area contributed by atoms with Gasteiger partial charge in [0.25, 0.3) is 0 Å². The molecule has 0 spiro atoms. The number of nitrogen functional groups attached to an aromatic ring is 1. The lowest BCUT2D eigenvalue weighted by Gasteiger charge is -2.06. The Hall–Kier alpha value is -1.34. The monoisotopic (exact) mass is 330 g/mol. The minimum atomic E-state index is -3.48. The molecule has 0 aliphatic carbocycles. The van der Waals surface area contributed by atoms with Crippen LogP contribution >= 0.6 is 11.3 Å². The molecule has 0 unspecified atom stereocenters. The first-order chi connectivity index (χ1) is 9.74. The molecule has 1 heterocycles. The van der Waals surface area contributed by atoms with Crippen molar-refractivity contribution in [2.24, 2.45) is 0 Å². The number of Topliss-reactive ketones (excluding diaryl/α,β-unsaturated/α-hetero) is 1. The SMILES string of the molecule is CCC(=O)c1sc(NCC=C(C)C)c(S(=O)(=O)CC)c1N. The Morgan fingerprint density at radius 1 is 1.33 bits per heavy atom. The number of thiophene rings is 1. The zero-order chi connectivity index (χ0) is 16.2. The second-order valence-corrected chi connectivity index (χ2v) is 8.08. The van der Waals surface area contributed by atoms with E-state index in [1.165, 1.54) is 0 Å². The summed E-state index contributed by atoms with van der Waals surface area (Å²) in [6, 6.07) is 0. The van der Waals surface area contributed by atoms with Crippen molar-refractivity contribution in [3.63, 3.8) is 0 Å². The molecule has 21 heavy (non-hydrogen) atoms. The largest absolute Gasteiger partial charge is 0.396 e. The van der Waals surface area contributed by atoms with Crippen LogP contribution in [0.3, 0.4) is 0 Å². The van der Waals surface area contributed by atoms with Gasteiger partial charge in [0.15, 0.2) is 15.6 Å². The standard InChI is InChI=1S/C14H22N2O3S2/c1-5-10(17)12-11(15)13(21(18,19)6-2)14(20-12)16-8-7-9(3)4/h7,16H,5-6,8,15H2,1-4H3. The summed E-state index contributed by atoms with van der Waals surface area (Å²) in [7, 11) is -3.48. The number of hydrogen-bond acceptors (Lipinski definition) is 6. The molecule has 1 aromatic heterocycles. The van der Waals surface area contributed by atoms with Crippen LogP contribution in [0, 0.1) is 0 Å². The Kier molecular flexibility index (Phi) is 5.98. The maximum absolute atomic E-state index is 12.2. The van der Waals surface area contributed by atoms with Crippen LogP contribution in [-0.4, -0.2) is 26.5 Å². The molecule has 1 rings (SSSR count). The summed E-state index contributed by atoms with van der Waals surface area (Å²) in [5.41, 5.74) is 7.13. The van der Waals surface area contributed by atoms with Crippen LogP contribution in [0.15, 0.2) is 16.5 Å². The van der Waals surface area contributed by atoms with E-state index < -0.39 is 9.84 Å². The summed E-state index contributed by atoms with van der Waals surface area (Å²) in [5, 5.41) is 3.50. The predicted octanol–water partition coefficient (Wildman–Crippen LogP) is 3.09. The molecule has 1 aromatic rings. The number of rotatable bonds is 7. The maximum Gasteiger partial charge on any atom is 0.183 e. The number of nitrogens with two attached hydrogens (primary N) is 1. The number of carbonyl (C=O) groups is 1. The van der Waals surface area contributed by atoms with Crippen LogP contribution in [-0.2, 0) is 9.84 Å². The highest BCUT2D eigenvalue weighted by molar-refractivity contribution is 7.91. The Morgan fingerprint density at radius 2 is 1.95 bits per heavy atom. The zero-order valence-corrected chi connectivity index (χ0v) is 14.5. The smallest absolute Gasteiger partial charge is 0.183 e. The first-order valence-electron chi connectivity index (χ1n) is 6.80. The van der Waals surface area contributed by atoms with E-state index in [1.54, 1.807) is 13.8 Å². The highest BCUT2D eigenvalue weighted by Gasteiger charge is 2.27. The second-order valence-electron chi connectivity index (χ2n) is 4.85. The van der Waals surface area contributed by atoms with Gasteiger partial charge >= 0.3 is 0 Å². The number of carbonyl (C=O) groups excluding carboxylic acids is 1. The van der Waals surface area contributed by atoms with Crippen molar-refractivity contribution < 1.29 is 13.2 Å². The molecular weight excluding hydrogens is 308 g/mol. The van der Waals surface area contributed by atoms with Crippen molar-refractivity contribution >= 4 is 37.6 Å². The summed E-state index contributed by atoms with van der Waals surface area (Å²) in [6.07, 6.45) is 2.24. The number of hydrogen-bond donors (Lipinski definition) is 2. The molecule has 0 aliphatic heterocycles. The van der Waals surface area contributed by atoms with Crippen molar-refractivity contribution in [3.8, 4) is 0 Å². The highest BCUT2D eigenvalue weighted by Crippen LogP contribution is 2.40. The van der Waals surface area contributed by atoms with Gasteiger partial charge in [0, 0.05) is 13.0 Å². The number of allylic oxidation sites excluding steroid dienone is 1. The molecule has 0 saturated carbocycles. The van der Waals surface area contributed by atoms with Crippen molar-refractivity contribution in [2.45, 2.75) is 39.0 Å². The number of ketones is 1. The molecule has 7 heteroatoms. The zero-order valence-electron chi connectivity index (χ0n) is 12.8. The fourth-order valence-corrected chi connectivity index (χ4v) is 4.40. The molecule has 0 atom stereocenters. The quantitative estimate of drug-likeness (QED) is 0.592. The van der Waals surface area contributed by atoms with Crippen molar-refractivity contribution in [3.05, 3.63) is 16.5 Å². The molecule has 3 N–H and O–H groups in total. The highest BCUT2D eigenvalue weighted by atomic mass is 32.2. The summed E-state index contributed by atoms with van der Waals surface area (Å²) < 4.78 is 24.4. The third-order valence-electron chi connectivity index (χ3n) is 2.94. The van der Waals surface area contributed by atoms with Gasteiger partial charge in [0.05, 0.1) is 16.3 Å². The lowest BCUT2D eigenvalue weighted by molar-refractivity contribution is 0.0992. The minimum absolute atomic E-state index is 0.0506. The molecule has 0 bridgehead atoms.